The van der Waals surface area contributed by atoms with E-state index in [0.29, 0.717) is 6.54 Å². The number of nitrogens with zero attached hydrogens (tertiary/aromatic N) is 1. The molecule has 0 bridgehead atoms. The smallest absolute Gasteiger partial charge is 0.257 e. The quantitative estimate of drug-likeness (QED) is 0.883. The fraction of sp³-hybridized carbons (Fsp3) is 0.429. The van der Waals surface area contributed by atoms with Gasteiger partial charge in [-0.3, -0.25) is 9.59 Å². The van der Waals surface area contributed by atoms with Gasteiger partial charge in [0.1, 0.15) is 5.82 Å². The summed E-state index contributed by atoms with van der Waals surface area (Å²) in [5.41, 5.74) is -0.0123. The number of carbonyl (C=O) groups excluding carboxylic acids is 2. The molecule has 0 atom stereocenters. The maximum atomic E-state index is 13.5. The maximum absolute atomic E-state index is 13.5. The average molecular weight is 266 g/mol. The number of hydrogen-bond donors (Lipinski definition) is 1. The first-order chi connectivity index (χ1) is 8.95. The highest BCUT2D eigenvalue weighted by molar-refractivity contribution is 5.96. The number of hydrogen-bond acceptors (Lipinski definition) is 2. The van der Waals surface area contributed by atoms with Crippen molar-refractivity contribution in [2.24, 2.45) is 0 Å². The third-order valence-corrected chi connectivity index (χ3v) is 2.56. The van der Waals surface area contributed by atoms with Crippen LogP contribution in [0, 0.1) is 5.82 Å². The van der Waals surface area contributed by atoms with Crippen LogP contribution in [-0.2, 0) is 4.79 Å². The molecular weight excluding hydrogens is 247 g/mol. The van der Waals surface area contributed by atoms with Crippen LogP contribution >= 0.6 is 0 Å². The van der Waals surface area contributed by atoms with Crippen LogP contribution in [0.3, 0.4) is 0 Å². The summed E-state index contributed by atoms with van der Waals surface area (Å²) in [7, 11) is 0. The Morgan fingerprint density at radius 1 is 1.32 bits per heavy atom. The maximum Gasteiger partial charge on any atom is 0.257 e. The molecule has 0 saturated carbocycles. The van der Waals surface area contributed by atoms with Gasteiger partial charge in [0, 0.05) is 12.6 Å². The van der Waals surface area contributed by atoms with E-state index in [2.05, 4.69) is 5.32 Å². The van der Waals surface area contributed by atoms with E-state index in [1.807, 2.05) is 13.8 Å². The highest BCUT2D eigenvalue weighted by Crippen LogP contribution is 2.09. The summed E-state index contributed by atoms with van der Waals surface area (Å²) >= 11 is 0. The topological polar surface area (TPSA) is 49.4 Å². The lowest BCUT2D eigenvalue weighted by molar-refractivity contribution is -0.122. The highest BCUT2D eigenvalue weighted by atomic mass is 19.1. The fourth-order valence-corrected chi connectivity index (χ4v) is 1.67. The highest BCUT2D eigenvalue weighted by Gasteiger charge is 2.20. The molecule has 1 aromatic rings. The van der Waals surface area contributed by atoms with Gasteiger partial charge in [-0.05, 0) is 32.9 Å². The summed E-state index contributed by atoms with van der Waals surface area (Å²) in [5.74, 6) is -1.30. The van der Waals surface area contributed by atoms with E-state index in [4.69, 9.17) is 0 Å². The van der Waals surface area contributed by atoms with Gasteiger partial charge in [-0.25, -0.2) is 4.39 Å². The summed E-state index contributed by atoms with van der Waals surface area (Å²) in [5, 5.41) is 2.70. The van der Waals surface area contributed by atoms with Crippen molar-refractivity contribution in [2.45, 2.75) is 26.8 Å². The van der Waals surface area contributed by atoms with E-state index in [9.17, 15) is 14.0 Å². The average Bonchev–Trinajstić information content (AvgIpc) is 2.35. The van der Waals surface area contributed by atoms with Crippen LogP contribution in [0.5, 0.6) is 0 Å². The zero-order valence-electron chi connectivity index (χ0n) is 11.4. The van der Waals surface area contributed by atoms with Gasteiger partial charge in [0.2, 0.25) is 5.91 Å². The van der Waals surface area contributed by atoms with Crippen LogP contribution in [0.15, 0.2) is 24.3 Å². The summed E-state index contributed by atoms with van der Waals surface area (Å²) in [4.78, 5) is 25.1. The van der Waals surface area contributed by atoms with Crippen LogP contribution in [0.2, 0.25) is 0 Å². The predicted molar refractivity (Wildman–Crippen MR) is 71.3 cm³/mol. The van der Waals surface area contributed by atoms with Crippen molar-refractivity contribution >= 4 is 11.8 Å². The van der Waals surface area contributed by atoms with Crippen LogP contribution in [0.1, 0.15) is 31.1 Å². The molecule has 0 aliphatic carbocycles. The Hall–Kier alpha value is -1.91. The Morgan fingerprint density at radius 2 is 1.95 bits per heavy atom. The molecule has 0 heterocycles. The number of halogens is 1. The van der Waals surface area contributed by atoms with Crippen molar-refractivity contribution in [2.75, 3.05) is 13.1 Å². The number of carbonyl (C=O) groups is 2. The lowest BCUT2D eigenvalue weighted by Gasteiger charge is -2.21. The molecule has 0 fully saturated rings. The Balaban J connectivity index is 2.78. The number of nitrogens with one attached hydrogen (secondary N) is 1. The Morgan fingerprint density at radius 3 is 2.47 bits per heavy atom. The van der Waals surface area contributed by atoms with Crippen molar-refractivity contribution in [1.82, 2.24) is 10.2 Å². The molecule has 4 nitrogen and oxygen atoms in total. The summed E-state index contributed by atoms with van der Waals surface area (Å²) in [6.07, 6.45) is 0. The van der Waals surface area contributed by atoms with E-state index < -0.39 is 11.7 Å². The van der Waals surface area contributed by atoms with Crippen molar-refractivity contribution in [3.63, 3.8) is 0 Å². The molecule has 19 heavy (non-hydrogen) atoms. The van der Waals surface area contributed by atoms with Crippen molar-refractivity contribution in [1.29, 1.82) is 0 Å². The van der Waals surface area contributed by atoms with Gasteiger partial charge < -0.3 is 10.2 Å². The molecule has 2 amide bonds. The third kappa shape index (κ3) is 4.35. The molecule has 1 N–H and O–H groups in total. The molecule has 0 spiro atoms. The lowest BCUT2D eigenvalue weighted by Crippen LogP contribution is -2.42. The number of likely N-dealkylation sites (N-methyl/N-ethyl adjacent to an activating group) is 1. The van der Waals surface area contributed by atoms with Gasteiger partial charge in [-0.1, -0.05) is 12.1 Å². The Kier molecular flexibility index (Phi) is 5.48. The minimum absolute atomic E-state index is 0.00905. The molecular formula is C14H19FN2O2. The van der Waals surface area contributed by atoms with Crippen LogP contribution in [-0.4, -0.2) is 35.8 Å². The Bertz CT molecular complexity index is 461. The van der Waals surface area contributed by atoms with Gasteiger partial charge in [0.05, 0.1) is 12.1 Å². The van der Waals surface area contributed by atoms with E-state index in [1.165, 1.54) is 23.1 Å². The van der Waals surface area contributed by atoms with Crippen molar-refractivity contribution in [3.05, 3.63) is 35.6 Å². The molecule has 0 saturated heterocycles. The van der Waals surface area contributed by atoms with Crippen LogP contribution in [0.4, 0.5) is 4.39 Å². The largest absolute Gasteiger partial charge is 0.352 e. The second-order valence-corrected chi connectivity index (χ2v) is 4.52. The van der Waals surface area contributed by atoms with Crippen molar-refractivity contribution < 1.29 is 14.0 Å². The number of benzene rings is 1. The zero-order valence-corrected chi connectivity index (χ0v) is 11.4. The molecule has 0 aliphatic rings. The van der Waals surface area contributed by atoms with Crippen molar-refractivity contribution in [3.8, 4) is 0 Å². The number of amides is 2. The molecule has 104 valence electrons. The van der Waals surface area contributed by atoms with Crippen LogP contribution < -0.4 is 5.32 Å². The van der Waals surface area contributed by atoms with Gasteiger partial charge in [0.15, 0.2) is 0 Å². The fourth-order valence-electron chi connectivity index (χ4n) is 1.67. The summed E-state index contributed by atoms with van der Waals surface area (Å²) < 4.78 is 13.5. The van der Waals surface area contributed by atoms with E-state index in [-0.39, 0.29) is 24.1 Å². The van der Waals surface area contributed by atoms with E-state index >= 15 is 0 Å². The first-order valence-corrected chi connectivity index (χ1v) is 6.28. The normalized spacial score (nSPS) is 10.4. The molecule has 1 aromatic carbocycles. The predicted octanol–water partition coefficient (Wildman–Crippen LogP) is 1.81. The van der Waals surface area contributed by atoms with Gasteiger partial charge in [-0.2, -0.15) is 0 Å². The second kappa shape index (κ2) is 6.87. The third-order valence-electron chi connectivity index (χ3n) is 2.56. The molecule has 5 heteroatoms. The SMILES string of the molecule is CCN(CC(=O)NC(C)C)C(=O)c1ccccc1F. The second-order valence-electron chi connectivity index (χ2n) is 4.52. The molecule has 0 unspecified atom stereocenters. The molecule has 0 aliphatic heterocycles. The Labute approximate surface area is 112 Å². The van der Waals surface area contributed by atoms with Gasteiger partial charge in [-0.15, -0.1) is 0 Å². The van der Waals surface area contributed by atoms with E-state index in [1.54, 1.807) is 13.0 Å². The standard InChI is InChI=1S/C14H19FN2O2/c1-4-17(9-13(18)16-10(2)3)14(19)11-7-5-6-8-12(11)15/h5-8,10H,4,9H2,1-3H3,(H,16,18). The minimum atomic E-state index is -0.574. The summed E-state index contributed by atoms with van der Waals surface area (Å²) in [6, 6.07) is 5.78. The van der Waals surface area contributed by atoms with E-state index in [0.717, 1.165) is 0 Å². The molecule has 1 rings (SSSR count). The molecule has 0 radical (unpaired) electrons. The monoisotopic (exact) mass is 266 g/mol. The van der Waals surface area contributed by atoms with Gasteiger partial charge in [0.25, 0.3) is 5.91 Å². The first kappa shape index (κ1) is 15.1. The van der Waals surface area contributed by atoms with Gasteiger partial charge >= 0.3 is 0 Å². The minimum Gasteiger partial charge on any atom is -0.352 e. The summed E-state index contributed by atoms with van der Waals surface area (Å²) in [6.45, 7) is 5.71. The zero-order chi connectivity index (χ0) is 14.4. The molecule has 0 aromatic heterocycles. The van der Waals surface area contributed by atoms with Crippen LogP contribution in [0.25, 0.3) is 0 Å². The number of rotatable bonds is 5. The first-order valence-electron chi connectivity index (χ1n) is 6.28. The lowest BCUT2D eigenvalue weighted by atomic mass is 10.2.